The van der Waals surface area contributed by atoms with Crippen molar-refractivity contribution in [2.45, 2.75) is 44.7 Å². The highest BCUT2D eigenvalue weighted by Gasteiger charge is 2.29. The zero-order valence-electron chi connectivity index (χ0n) is 11.3. The van der Waals surface area contributed by atoms with E-state index in [1.807, 2.05) is 7.05 Å². The second-order valence-corrected chi connectivity index (χ2v) is 5.04. The molecular formula is C12H26N4O. The number of hydrogen-bond donors (Lipinski definition) is 2. The third-order valence-electron chi connectivity index (χ3n) is 3.67. The lowest BCUT2D eigenvalue weighted by Crippen LogP contribution is -2.54. The van der Waals surface area contributed by atoms with Gasteiger partial charge < -0.3 is 4.90 Å². The number of likely N-dealkylation sites (tertiary alicyclic amines) is 1. The van der Waals surface area contributed by atoms with Gasteiger partial charge in [0.25, 0.3) is 5.91 Å². The number of carbonyl (C=O) groups is 1. The molecule has 0 aromatic rings. The molecule has 0 saturated carbocycles. The van der Waals surface area contributed by atoms with Crippen LogP contribution in [0.1, 0.15) is 32.6 Å². The predicted octanol–water partition coefficient (Wildman–Crippen LogP) is 0.171. The van der Waals surface area contributed by atoms with Crippen LogP contribution in [0.5, 0.6) is 0 Å². The minimum atomic E-state index is -0.0958. The van der Waals surface area contributed by atoms with E-state index >= 15 is 0 Å². The van der Waals surface area contributed by atoms with Gasteiger partial charge in [-0.05, 0) is 39.9 Å². The van der Waals surface area contributed by atoms with Crippen molar-refractivity contribution in [3.63, 3.8) is 0 Å². The Morgan fingerprint density at radius 3 is 2.88 bits per heavy atom. The van der Waals surface area contributed by atoms with Crippen molar-refractivity contribution in [1.29, 1.82) is 0 Å². The first-order chi connectivity index (χ1) is 8.10. The summed E-state index contributed by atoms with van der Waals surface area (Å²) in [5.41, 5.74) is 2.29. The first kappa shape index (κ1) is 14.4. The largest absolute Gasteiger partial charge is 0.305 e. The van der Waals surface area contributed by atoms with Crippen molar-refractivity contribution in [3.8, 4) is 0 Å². The minimum Gasteiger partial charge on any atom is -0.305 e. The van der Waals surface area contributed by atoms with Crippen LogP contribution in [0.3, 0.4) is 0 Å². The Morgan fingerprint density at radius 2 is 2.35 bits per heavy atom. The van der Waals surface area contributed by atoms with Crippen LogP contribution in [0.2, 0.25) is 0 Å². The maximum absolute atomic E-state index is 11.8. The molecule has 100 valence electrons. The summed E-state index contributed by atoms with van der Waals surface area (Å²) >= 11 is 0. The molecule has 1 aliphatic heterocycles. The van der Waals surface area contributed by atoms with Gasteiger partial charge in [-0.3, -0.25) is 15.1 Å². The number of nitrogens with one attached hydrogen (secondary N) is 1. The number of nitrogens with zero attached hydrogens (tertiary/aromatic N) is 2. The van der Waals surface area contributed by atoms with E-state index in [1.54, 1.807) is 0 Å². The van der Waals surface area contributed by atoms with Gasteiger partial charge in [0.05, 0.1) is 6.04 Å². The molecule has 1 fully saturated rings. The zero-order valence-corrected chi connectivity index (χ0v) is 11.3. The third kappa shape index (κ3) is 3.94. The smallest absolute Gasteiger partial charge is 0.251 e. The average Bonchev–Trinajstić information content (AvgIpc) is 2.34. The van der Waals surface area contributed by atoms with Crippen molar-refractivity contribution < 1.29 is 4.79 Å². The van der Waals surface area contributed by atoms with Gasteiger partial charge in [0, 0.05) is 12.6 Å². The van der Waals surface area contributed by atoms with E-state index in [0.29, 0.717) is 6.04 Å². The lowest BCUT2D eigenvalue weighted by molar-refractivity contribution is -0.127. The Morgan fingerprint density at radius 1 is 1.65 bits per heavy atom. The van der Waals surface area contributed by atoms with E-state index in [-0.39, 0.29) is 11.9 Å². The van der Waals surface area contributed by atoms with Gasteiger partial charge >= 0.3 is 0 Å². The van der Waals surface area contributed by atoms with E-state index in [1.165, 1.54) is 12.8 Å². The number of hydrogen-bond acceptors (Lipinski definition) is 4. The Labute approximate surface area is 104 Å². The van der Waals surface area contributed by atoms with Gasteiger partial charge in [0.1, 0.15) is 0 Å². The standard InChI is InChI=1S/C12H26N4O/c1-4-6-11(12(17)14-13)16(3)10-7-5-8-15(2)9-10/h10-11H,4-9,13H2,1-3H3,(H,14,17). The van der Waals surface area contributed by atoms with E-state index in [2.05, 4.69) is 29.2 Å². The summed E-state index contributed by atoms with van der Waals surface area (Å²) in [7, 11) is 4.18. The van der Waals surface area contributed by atoms with Crippen LogP contribution in [0.15, 0.2) is 0 Å². The van der Waals surface area contributed by atoms with Crippen molar-refractivity contribution in [3.05, 3.63) is 0 Å². The number of carbonyl (C=O) groups excluding carboxylic acids is 1. The molecule has 1 rings (SSSR count). The predicted molar refractivity (Wildman–Crippen MR) is 69.3 cm³/mol. The summed E-state index contributed by atoms with van der Waals surface area (Å²) < 4.78 is 0. The van der Waals surface area contributed by atoms with Crippen LogP contribution in [0.4, 0.5) is 0 Å². The highest BCUT2D eigenvalue weighted by molar-refractivity contribution is 5.81. The lowest BCUT2D eigenvalue weighted by atomic mass is 10.0. The van der Waals surface area contributed by atoms with Gasteiger partial charge in [-0.2, -0.15) is 0 Å². The number of nitrogens with two attached hydrogens (primary N) is 1. The van der Waals surface area contributed by atoms with Crippen LogP contribution in [0, 0.1) is 0 Å². The molecule has 17 heavy (non-hydrogen) atoms. The van der Waals surface area contributed by atoms with Crippen LogP contribution < -0.4 is 11.3 Å². The molecule has 1 saturated heterocycles. The topological polar surface area (TPSA) is 61.6 Å². The maximum atomic E-state index is 11.8. The van der Waals surface area contributed by atoms with E-state index < -0.39 is 0 Å². The van der Waals surface area contributed by atoms with Crippen molar-refractivity contribution >= 4 is 5.91 Å². The Kier molecular flexibility index (Phi) is 5.88. The monoisotopic (exact) mass is 242 g/mol. The first-order valence-corrected chi connectivity index (χ1v) is 6.51. The second-order valence-electron chi connectivity index (χ2n) is 5.04. The van der Waals surface area contributed by atoms with Crippen molar-refractivity contribution in [2.75, 3.05) is 27.2 Å². The molecule has 2 atom stereocenters. The summed E-state index contributed by atoms with van der Waals surface area (Å²) in [4.78, 5) is 16.3. The summed E-state index contributed by atoms with van der Waals surface area (Å²) in [5, 5.41) is 0. The van der Waals surface area contributed by atoms with Gasteiger partial charge in [-0.25, -0.2) is 5.84 Å². The molecule has 0 aromatic carbocycles. The molecule has 0 spiro atoms. The fourth-order valence-electron chi connectivity index (χ4n) is 2.62. The summed E-state index contributed by atoms with van der Waals surface area (Å²) in [6, 6.07) is 0.365. The van der Waals surface area contributed by atoms with Crippen molar-refractivity contribution in [2.24, 2.45) is 5.84 Å². The third-order valence-corrected chi connectivity index (χ3v) is 3.67. The molecule has 1 aliphatic rings. The van der Waals surface area contributed by atoms with Crippen LogP contribution in [-0.2, 0) is 4.79 Å². The van der Waals surface area contributed by atoms with E-state index in [9.17, 15) is 4.79 Å². The van der Waals surface area contributed by atoms with E-state index in [0.717, 1.165) is 25.9 Å². The first-order valence-electron chi connectivity index (χ1n) is 6.51. The number of piperidine rings is 1. The van der Waals surface area contributed by atoms with Crippen LogP contribution >= 0.6 is 0 Å². The molecule has 0 radical (unpaired) electrons. The van der Waals surface area contributed by atoms with Gasteiger partial charge in [0.15, 0.2) is 0 Å². The summed E-state index contributed by atoms with van der Waals surface area (Å²) in [6.07, 6.45) is 4.22. The number of hydrazine groups is 1. The molecule has 1 amide bonds. The Hall–Kier alpha value is -0.650. The molecule has 5 heteroatoms. The summed E-state index contributed by atoms with van der Waals surface area (Å²) in [6.45, 7) is 4.29. The molecule has 1 heterocycles. The normalized spacial score (nSPS) is 23.7. The fourth-order valence-corrected chi connectivity index (χ4v) is 2.62. The second kappa shape index (κ2) is 6.93. The molecule has 3 N–H and O–H groups in total. The van der Waals surface area contributed by atoms with Gasteiger partial charge in [0.2, 0.25) is 0 Å². The summed E-state index contributed by atoms with van der Waals surface area (Å²) in [5.74, 6) is 5.19. The number of likely N-dealkylation sites (N-methyl/N-ethyl adjacent to an activating group) is 2. The van der Waals surface area contributed by atoms with Gasteiger partial charge in [-0.15, -0.1) is 0 Å². The van der Waals surface area contributed by atoms with Crippen LogP contribution in [-0.4, -0.2) is 55.0 Å². The molecular weight excluding hydrogens is 216 g/mol. The molecule has 5 nitrogen and oxygen atoms in total. The van der Waals surface area contributed by atoms with Gasteiger partial charge in [-0.1, -0.05) is 13.3 Å². The zero-order chi connectivity index (χ0) is 12.8. The highest BCUT2D eigenvalue weighted by atomic mass is 16.2. The molecule has 2 unspecified atom stereocenters. The molecule has 0 bridgehead atoms. The molecule has 0 aromatic heterocycles. The number of amides is 1. The van der Waals surface area contributed by atoms with Crippen LogP contribution in [0.25, 0.3) is 0 Å². The average molecular weight is 242 g/mol. The SMILES string of the molecule is CCCC(C(=O)NN)N(C)C1CCCN(C)C1. The highest BCUT2D eigenvalue weighted by Crippen LogP contribution is 2.17. The Balaban J connectivity index is 2.62. The number of rotatable bonds is 5. The fraction of sp³-hybridized carbons (Fsp3) is 0.917. The minimum absolute atomic E-state index is 0.0671. The lowest BCUT2D eigenvalue weighted by Gasteiger charge is -2.39. The quantitative estimate of drug-likeness (QED) is 0.410. The van der Waals surface area contributed by atoms with Crippen molar-refractivity contribution in [1.82, 2.24) is 15.2 Å². The van der Waals surface area contributed by atoms with E-state index in [4.69, 9.17) is 5.84 Å². The maximum Gasteiger partial charge on any atom is 0.251 e. The molecule has 0 aliphatic carbocycles. The Bertz CT molecular complexity index is 247.